The third-order valence-corrected chi connectivity index (χ3v) is 6.38. The number of urea groups is 1. The van der Waals surface area contributed by atoms with Gasteiger partial charge in [0, 0.05) is 4.83 Å². The maximum atomic E-state index is 11.2. The lowest BCUT2D eigenvalue weighted by molar-refractivity contribution is -0.127. The van der Waals surface area contributed by atoms with Gasteiger partial charge in [-0.15, -0.1) is 0 Å². The van der Waals surface area contributed by atoms with E-state index in [1.54, 1.807) is 13.8 Å². The van der Waals surface area contributed by atoms with Gasteiger partial charge in [-0.1, -0.05) is 83.5 Å². The van der Waals surface area contributed by atoms with Gasteiger partial charge < -0.3 is 0 Å². The Morgan fingerprint density at radius 1 is 0.929 bits per heavy atom. The van der Waals surface area contributed by atoms with Crippen LogP contribution in [0.15, 0.2) is 60.7 Å². The molecule has 2 aromatic carbocycles. The topological polar surface area (TPSA) is 40.6 Å². The lowest BCUT2D eigenvalue weighted by atomic mass is 10.1. The van der Waals surface area contributed by atoms with Crippen molar-refractivity contribution < 1.29 is 9.59 Å². The van der Waals surface area contributed by atoms with Crippen LogP contribution < -0.4 is 0 Å². The number of amides is 3. The fourth-order valence-corrected chi connectivity index (χ4v) is 3.58. The molecule has 1 unspecified atom stereocenters. The van der Waals surface area contributed by atoms with E-state index in [2.05, 4.69) is 98.5 Å². The summed E-state index contributed by atoms with van der Waals surface area (Å²) in [7, 11) is 0. The molecule has 0 aromatic heterocycles. The molecular formula is C21H25Br3N2O2. The maximum absolute atomic E-state index is 11.2. The quantitative estimate of drug-likeness (QED) is 0.218. The minimum Gasteiger partial charge on any atom is -0.271 e. The summed E-state index contributed by atoms with van der Waals surface area (Å²) in [6.45, 7) is 7.59. The number of imide groups is 1. The molecule has 1 atom stereocenters. The van der Waals surface area contributed by atoms with Crippen molar-refractivity contribution in [3.63, 3.8) is 0 Å². The number of hydrogen-bond acceptors (Lipinski definition) is 2. The molecule has 2 aromatic rings. The summed E-state index contributed by atoms with van der Waals surface area (Å²) in [5, 5.41) is 0. The van der Waals surface area contributed by atoms with Gasteiger partial charge in [-0.25, -0.2) is 8.72 Å². The first-order valence-corrected chi connectivity index (χ1v) is 11.2. The van der Waals surface area contributed by atoms with E-state index in [-0.39, 0.29) is 5.91 Å². The number of carbonyl (C=O) groups is 2. The van der Waals surface area contributed by atoms with Crippen LogP contribution in [-0.2, 0) is 11.2 Å². The van der Waals surface area contributed by atoms with Gasteiger partial charge in [0.05, 0.1) is 32.3 Å². The van der Waals surface area contributed by atoms with Crippen molar-refractivity contribution in [2.75, 3.05) is 0 Å². The average Bonchev–Trinajstić information content (AvgIpc) is 2.85. The van der Waals surface area contributed by atoms with Gasteiger partial charge >= 0.3 is 6.03 Å². The predicted octanol–water partition coefficient (Wildman–Crippen LogP) is 7.04. The molecule has 1 saturated heterocycles. The number of carbonyl (C=O) groups excluding carboxylic acids is 2. The molecule has 28 heavy (non-hydrogen) atoms. The Kier molecular flexibility index (Phi) is 10.4. The molecule has 3 rings (SSSR count). The van der Waals surface area contributed by atoms with Crippen LogP contribution in [0.2, 0.25) is 0 Å². The van der Waals surface area contributed by atoms with E-state index in [1.807, 2.05) is 24.3 Å². The van der Waals surface area contributed by atoms with Crippen LogP contribution in [0.1, 0.15) is 43.6 Å². The van der Waals surface area contributed by atoms with Crippen molar-refractivity contribution in [2.24, 2.45) is 0 Å². The lowest BCUT2D eigenvalue weighted by Crippen LogP contribution is -2.37. The van der Waals surface area contributed by atoms with Crippen molar-refractivity contribution in [1.29, 1.82) is 0 Å². The second-order valence-corrected chi connectivity index (χ2v) is 9.37. The summed E-state index contributed by atoms with van der Waals surface area (Å²) in [5.41, 5.74) is 1.94. The molecule has 1 aliphatic rings. The fraction of sp³-hybridized carbons (Fsp3) is 0.333. The van der Waals surface area contributed by atoms with E-state index in [4.69, 9.17) is 0 Å². The van der Waals surface area contributed by atoms with E-state index >= 15 is 0 Å². The van der Waals surface area contributed by atoms with Crippen LogP contribution in [0.25, 0.3) is 0 Å². The first-order valence-electron chi connectivity index (χ1n) is 8.86. The molecule has 0 N–H and O–H groups in total. The minimum absolute atomic E-state index is 0.278. The molecule has 0 saturated carbocycles. The SMILES string of the molecule is CC(Br)c1ccccc1.CC1(C)C(=O)N(Br)C(=O)N1Br.CCc1ccccc1. The fourth-order valence-electron chi connectivity index (χ4n) is 2.16. The van der Waals surface area contributed by atoms with Gasteiger partial charge in [0.1, 0.15) is 5.54 Å². The summed E-state index contributed by atoms with van der Waals surface area (Å²) >= 11 is 9.33. The second-order valence-electron chi connectivity index (χ2n) is 6.57. The predicted molar refractivity (Wildman–Crippen MR) is 126 cm³/mol. The largest absolute Gasteiger partial charge is 0.348 e. The number of nitrogens with zero attached hydrogens (tertiary/aromatic N) is 2. The van der Waals surface area contributed by atoms with Crippen molar-refractivity contribution in [1.82, 2.24) is 7.85 Å². The van der Waals surface area contributed by atoms with E-state index < -0.39 is 11.6 Å². The molecule has 0 bridgehead atoms. The van der Waals surface area contributed by atoms with E-state index in [0.29, 0.717) is 4.83 Å². The van der Waals surface area contributed by atoms with Crippen LogP contribution in [0.3, 0.4) is 0 Å². The Morgan fingerprint density at radius 3 is 1.61 bits per heavy atom. The molecule has 152 valence electrons. The van der Waals surface area contributed by atoms with Gasteiger partial charge in [0.2, 0.25) is 0 Å². The van der Waals surface area contributed by atoms with Crippen LogP contribution in [0, 0.1) is 0 Å². The van der Waals surface area contributed by atoms with E-state index in [1.165, 1.54) is 15.1 Å². The molecule has 3 amide bonds. The Balaban J connectivity index is 0.000000213. The van der Waals surface area contributed by atoms with Crippen molar-refractivity contribution in [2.45, 2.75) is 44.5 Å². The van der Waals surface area contributed by atoms with Gasteiger partial charge in [0.15, 0.2) is 0 Å². The van der Waals surface area contributed by atoms with Gasteiger partial charge in [-0.2, -0.15) is 3.93 Å². The zero-order valence-corrected chi connectivity index (χ0v) is 21.2. The van der Waals surface area contributed by atoms with Crippen LogP contribution in [0.4, 0.5) is 4.79 Å². The third-order valence-electron chi connectivity index (χ3n) is 4.04. The number of benzene rings is 2. The molecule has 0 spiro atoms. The highest BCUT2D eigenvalue weighted by molar-refractivity contribution is 9.09. The molecule has 0 aliphatic carbocycles. The van der Waals surface area contributed by atoms with Crippen molar-refractivity contribution >= 4 is 60.2 Å². The molecular weight excluding hydrogens is 552 g/mol. The maximum Gasteiger partial charge on any atom is 0.348 e. The summed E-state index contributed by atoms with van der Waals surface area (Å²) in [6, 6.07) is 20.4. The lowest BCUT2D eigenvalue weighted by Gasteiger charge is -2.19. The monoisotopic (exact) mass is 574 g/mol. The van der Waals surface area contributed by atoms with Gasteiger partial charge in [0.25, 0.3) is 5.91 Å². The first-order chi connectivity index (χ1) is 13.1. The van der Waals surface area contributed by atoms with Crippen LogP contribution >= 0.6 is 48.2 Å². The molecule has 1 heterocycles. The molecule has 7 heteroatoms. The summed E-state index contributed by atoms with van der Waals surface area (Å²) in [6.07, 6.45) is 1.14. The molecule has 0 radical (unpaired) electrons. The summed E-state index contributed by atoms with van der Waals surface area (Å²) < 4.78 is 2.11. The van der Waals surface area contributed by atoms with E-state index in [0.717, 1.165) is 10.3 Å². The summed E-state index contributed by atoms with van der Waals surface area (Å²) in [5.74, 6) is -0.278. The van der Waals surface area contributed by atoms with E-state index in [9.17, 15) is 9.59 Å². The Morgan fingerprint density at radius 2 is 1.39 bits per heavy atom. The van der Waals surface area contributed by atoms with Crippen LogP contribution in [-0.4, -0.2) is 25.3 Å². The molecule has 4 nitrogen and oxygen atoms in total. The Bertz CT molecular complexity index is 753. The highest BCUT2D eigenvalue weighted by Crippen LogP contribution is 2.32. The first kappa shape index (κ1) is 24.9. The average molecular weight is 577 g/mol. The number of aryl methyl sites for hydroxylation is 1. The second kappa shape index (κ2) is 11.7. The normalized spacial score (nSPS) is 16.0. The smallest absolute Gasteiger partial charge is 0.271 e. The highest BCUT2D eigenvalue weighted by Gasteiger charge is 2.50. The Hall–Kier alpha value is -1.18. The minimum atomic E-state index is -0.805. The summed E-state index contributed by atoms with van der Waals surface area (Å²) in [4.78, 5) is 22.8. The number of rotatable bonds is 2. The zero-order chi connectivity index (χ0) is 21.3. The van der Waals surface area contributed by atoms with Crippen LogP contribution in [0.5, 0.6) is 0 Å². The van der Waals surface area contributed by atoms with Gasteiger partial charge in [-0.3, -0.25) is 4.79 Å². The molecule has 1 fully saturated rings. The highest BCUT2D eigenvalue weighted by atomic mass is 79.9. The standard InChI is InChI=1S/C8H9Br.C8H10.C5H6Br2N2O2/c1-7(9)8-5-3-2-4-6-8;1-2-8-6-4-3-5-7-8;1-5(2)3(10)8(6)4(11)9(5)7/h2-7H,1H3;3-7H,2H2,1H3;1-2H3. The van der Waals surface area contributed by atoms with Crippen molar-refractivity contribution in [3.8, 4) is 0 Å². The number of alkyl halides is 1. The zero-order valence-electron chi connectivity index (χ0n) is 16.4. The number of hydrogen-bond donors (Lipinski definition) is 0. The third kappa shape index (κ3) is 7.01. The molecule has 1 aliphatic heterocycles. The number of halogens is 3. The van der Waals surface area contributed by atoms with Crippen molar-refractivity contribution in [3.05, 3.63) is 71.8 Å². The van der Waals surface area contributed by atoms with Gasteiger partial charge in [-0.05, 0) is 38.3 Å². The Labute approximate surface area is 193 Å².